The van der Waals surface area contributed by atoms with Crippen LogP contribution in [0.15, 0.2) is 53.5 Å². The number of aryl methyl sites for hydroxylation is 1. The standard InChI is InChI=1S/C20H18F2N2OS/c1-3-17-18(13-8-10-15(21)11-9-13)24(4-2)20(26-17)23-19(25)14-6-5-7-16(22)12-14/h5-12H,3-4H2,1-2H3. The van der Waals surface area contributed by atoms with E-state index in [2.05, 4.69) is 4.99 Å². The van der Waals surface area contributed by atoms with Gasteiger partial charge >= 0.3 is 0 Å². The minimum absolute atomic E-state index is 0.211. The van der Waals surface area contributed by atoms with Gasteiger partial charge in [0.05, 0.1) is 5.69 Å². The lowest BCUT2D eigenvalue weighted by Crippen LogP contribution is -2.17. The Kier molecular flexibility index (Phi) is 5.42. The lowest BCUT2D eigenvalue weighted by molar-refractivity contribution is 0.0997. The van der Waals surface area contributed by atoms with Crippen LogP contribution in [0.1, 0.15) is 29.1 Å². The second-order valence-corrected chi connectivity index (χ2v) is 6.75. The molecule has 3 aromatic rings. The molecule has 3 nitrogen and oxygen atoms in total. The first-order valence-electron chi connectivity index (χ1n) is 8.36. The molecule has 0 unspecified atom stereocenters. The van der Waals surface area contributed by atoms with Gasteiger partial charge in [0.25, 0.3) is 5.91 Å². The highest BCUT2D eigenvalue weighted by atomic mass is 32.1. The van der Waals surface area contributed by atoms with Crippen LogP contribution >= 0.6 is 11.3 Å². The summed E-state index contributed by atoms with van der Waals surface area (Å²) in [5.41, 5.74) is 2.02. The molecular formula is C20H18F2N2OS. The number of halogens is 2. The van der Waals surface area contributed by atoms with Crippen LogP contribution in [0.25, 0.3) is 11.3 Å². The van der Waals surface area contributed by atoms with Crippen molar-refractivity contribution in [3.8, 4) is 11.3 Å². The summed E-state index contributed by atoms with van der Waals surface area (Å²) in [5, 5.41) is 0. The van der Waals surface area contributed by atoms with Crippen molar-refractivity contribution in [1.29, 1.82) is 0 Å². The lowest BCUT2D eigenvalue weighted by atomic mass is 10.1. The van der Waals surface area contributed by atoms with Crippen LogP contribution in [-0.4, -0.2) is 10.5 Å². The fraction of sp³-hybridized carbons (Fsp3) is 0.200. The molecule has 0 aliphatic rings. The highest BCUT2D eigenvalue weighted by Gasteiger charge is 2.15. The number of carbonyl (C=O) groups is 1. The number of carbonyl (C=O) groups excluding carboxylic acids is 1. The number of rotatable bonds is 4. The van der Waals surface area contributed by atoms with Crippen LogP contribution in [0, 0.1) is 11.6 Å². The summed E-state index contributed by atoms with van der Waals surface area (Å²) in [6, 6.07) is 11.8. The first-order valence-corrected chi connectivity index (χ1v) is 9.18. The second-order valence-electron chi connectivity index (χ2n) is 5.69. The molecule has 0 saturated heterocycles. The average molecular weight is 372 g/mol. The van der Waals surface area contributed by atoms with Crippen molar-refractivity contribution in [2.45, 2.75) is 26.8 Å². The van der Waals surface area contributed by atoms with Gasteiger partial charge in [-0.3, -0.25) is 4.79 Å². The molecule has 0 aliphatic heterocycles. The molecule has 6 heteroatoms. The highest BCUT2D eigenvalue weighted by molar-refractivity contribution is 7.09. The summed E-state index contributed by atoms with van der Waals surface area (Å²) in [5.74, 6) is -1.25. The fourth-order valence-corrected chi connectivity index (χ4v) is 3.92. The zero-order valence-corrected chi connectivity index (χ0v) is 15.3. The molecule has 0 saturated carbocycles. The molecule has 0 spiro atoms. The summed E-state index contributed by atoms with van der Waals surface area (Å²) in [6.45, 7) is 4.60. The fourth-order valence-electron chi connectivity index (χ4n) is 2.77. The van der Waals surface area contributed by atoms with Crippen LogP contribution in [0.3, 0.4) is 0 Å². The average Bonchev–Trinajstić information content (AvgIpc) is 2.99. The van der Waals surface area contributed by atoms with Crippen molar-refractivity contribution in [3.63, 3.8) is 0 Å². The maximum Gasteiger partial charge on any atom is 0.279 e. The maximum atomic E-state index is 13.4. The molecule has 2 aromatic carbocycles. The van der Waals surface area contributed by atoms with E-state index >= 15 is 0 Å². The quantitative estimate of drug-likeness (QED) is 0.647. The predicted molar refractivity (Wildman–Crippen MR) is 99.0 cm³/mol. The molecule has 134 valence electrons. The normalized spacial score (nSPS) is 11.8. The van der Waals surface area contributed by atoms with Gasteiger partial charge < -0.3 is 4.57 Å². The first-order chi connectivity index (χ1) is 12.5. The van der Waals surface area contributed by atoms with Gasteiger partial charge in [-0.1, -0.05) is 13.0 Å². The van der Waals surface area contributed by atoms with Gasteiger partial charge in [-0.25, -0.2) is 8.78 Å². The molecule has 1 aromatic heterocycles. The summed E-state index contributed by atoms with van der Waals surface area (Å²) in [7, 11) is 0. The third-order valence-corrected chi connectivity index (χ3v) is 5.23. The van der Waals surface area contributed by atoms with Crippen LogP contribution < -0.4 is 4.80 Å². The van der Waals surface area contributed by atoms with Gasteiger partial charge in [-0.2, -0.15) is 4.99 Å². The Labute approximate surface area is 154 Å². The number of amides is 1. The lowest BCUT2D eigenvalue weighted by Gasteiger charge is -2.08. The van der Waals surface area contributed by atoms with Gasteiger partial charge in [0, 0.05) is 17.0 Å². The summed E-state index contributed by atoms with van der Waals surface area (Å²) in [4.78, 5) is 18.3. The minimum atomic E-state index is -0.485. The third kappa shape index (κ3) is 3.65. The van der Waals surface area contributed by atoms with Crippen molar-refractivity contribution in [2.24, 2.45) is 4.99 Å². The number of thiazole rings is 1. The van der Waals surface area contributed by atoms with Crippen molar-refractivity contribution < 1.29 is 13.6 Å². The Morgan fingerprint density at radius 3 is 2.42 bits per heavy atom. The first kappa shape index (κ1) is 18.2. The Hall–Kier alpha value is -2.60. The summed E-state index contributed by atoms with van der Waals surface area (Å²) in [6.07, 6.45) is 0.765. The number of aromatic nitrogens is 1. The zero-order valence-electron chi connectivity index (χ0n) is 14.5. The van der Waals surface area contributed by atoms with Gasteiger partial charge in [-0.15, -0.1) is 11.3 Å². The highest BCUT2D eigenvalue weighted by Crippen LogP contribution is 2.26. The van der Waals surface area contributed by atoms with Crippen molar-refractivity contribution in [3.05, 3.63) is 75.4 Å². The van der Waals surface area contributed by atoms with Crippen LogP contribution in [0.5, 0.6) is 0 Å². The van der Waals surface area contributed by atoms with Crippen LogP contribution in [-0.2, 0) is 13.0 Å². The van der Waals surface area contributed by atoms with Crippen molar-refractivity contribution >= 4 is 17.2 Å². The van der Waals surface area contributed by atoms with E-state index in [-0.39, 0.29) is 11.4 Å². The van der Waals surface area contributed by atoms with Gasteiger partial charge in [0.15, 0.2) is 4.80 Å². The molecule has 0 aliphatic carbocycles. The molecule has 1 heterocycles. The van der Waals surface area contributed by atoms with Crippen LogP contribution in [0.2, 0.25) is 0 Å². The van der Waals surface area contributed by atoms with Crippen molar-refractivity contribution in [1.82, 2.24) is 4.57 Å². The van der Waals surface area contributed by atoms with E-state index in [0.29, 0.717) is 11.3 Å². The van der Waals surface area contributed by atoms with E-state index < -0.39 is 11.7 Å². The van der Waals surface area contributed by atoms with Gasteiger partial charge in [0.2, 0.25) is 0 Å². The smallest absolute Gasteiger partial charge is 0.279 e. The van der Waals surface area contributed by atoms with E-state index in [1.165, 1.54) is 41.7 Å². The Bertz CT molecular complexity index is 1000. The maximum absolute atomic E-state index is 13.4. The Morgan fingerprint density at radius 2 is 1.81 bits per heavy atom. The zero-order chi connectivity index (χ0) is 18.7. The number of benzene rings is 2. The van der Waals surface area contributed by atoms with E-state index in [0.717, 1.165) is 22.6 Å². The monoisotopic (exact) mass is 372 g/mol. The number of nitrogens with zero attached hydrogens (tertiary/aromatic N) is 2. The topological polar surface area (TPSA) is 34.4 Å². The molecule has 1 amide bonds. The third-order valence-electron chi connectivity index (χ3n) is 4.00. The van der Waals surface area contributed by atoms with Gasteiger partial charge in [0.1, 0.15) is 11.6 Å². The Morgan fingerprint density at radius 1 is 1.08 bits per heavy atom. The molecule has 3 rings (SSSR count). The van der Waals surface area contributed by atoms with Crippen LogP contribution in [0.4, 0.5) is 8.78 Å². The molecular weight excluding hydrogens is 354 g/mol. The van der Waals surface area contributed by atoms with Crippen molar-refractivity contribution in [2.75, 3.05) is 0 Å². The molecule has 0 atom stereocenters. The Balaban J connectivity index is 2.13. The molecule has 0 radical (unpaired) electrons. The van der Waals surface area contributed by atoms with E-state index in [4.69, 9.17) is 0 Å². The number of hydrogen-bond donors (Lipinski definition) is 0. The van der Waals surface area contributed by atoms with Gasteiger partial charge in [-0.05, 0) is 61.4 Å². The molecule has 26 heavy (non-hydrogen) atoms. The summed E-state index contributed by atoms with van der Waals surface area (Å²) >= 11 is 1.42. The second kappa shape index (κ2) is 7.74. The largest absolute Gasteiger partial charge is 0.316 e. The summed E-state index contributed by atoms with van der Waals surface area (Å²) < 4.78 is 28.6. The molecule has 0 bridgehead atoms. The minimum Gasteiger partial charge on any atom is -0.316 e. The van der Waals surface area contributed by atoms with E-state index in [9.17, 15) is 13.6 Å². The number of hydrogen-bond acceptors (Lipinski definition) is 2. The molecule has 0 N–H and O–H groups in total. The SMILES string of the molecule is CCc1sc(=NC(=O)c2cccc(F)c2)n(CC)c1-c1ccc(F)cc1. The predicted octanol–water partition coefficient (Wildman–Crippen LogP) is 4.82. The van der Waals surface area contributed by atoms with E-state index in [1.807, 2.05) is 18.4 Å². The molecule has 0 fully saturated rings. The van der Waals surface area contributed by atoms with E-state index in [1.54, 1.807) is 18.2 Å².